The summed E-state index contributed by atoms with van der Waals surface area (Å²) in [6.45, 7) is 1.87. The fraction of sp³-hybridized carbons (Fsp3) is 0.222. The van der Waals surface area contributed by atoms with Crippen molar-refractivity contribution in [3.8, 4) is 5.75 Å². The number of allylic oxidation sites excluding steroid dienone is 3. The number of nitrogens with one attached hydrogen (secondary N) is 2. The van der Waals surface area contributed by atoms with Gasteiger partial charge in [0.2, 0.25) is 0 Å². The number of amides is 1. The van der Waals surface area contributed by atoms with Crippen LogP contribution in [0.2, 0.25) is 0 Å². The van der Waals surface area contributed by atoms with E-state index in [1.807, 2.05) is 49.4 Å². The number of ketones is 1. The fourth-order valence-electron chi connectivity index (χ4n) is 4.81. The highest BCUT2D eigenvalue weighted by Crippen LogP contribution is 2.45. The zero-order chi connectivity index (χ0) is 23.7. The van der Waals surface area contributed by atoms with Crippen LogP contribution in [0.15, 0.2) is 94.0 Å². The summed E-state index contributed by atoms with van der Waals surface area (Å²) in [7, 11) is 1.61. The van der Waals surface area contributed by atoms with Crippen LogP contribution in [0.4, 0.5) is 5.82 Å². The van der Waals surface area contributed by atoms with Crippen LogP contribution in [0.3, 0.4) is 0 Å². The molecule has 1 amide bonds. The maximum absolute atomic E-state index is 13.5. The first-order valence-electron chi connectivity index (χ1n) is 11.2. The van der Waals surface area contributed by atoms with Crippen molar-refractivity contribution < 1.29 is 18.7 Å². The summed E-state index contributed by atoms with van der Waals surface area (Å²) < 4.78 is 10.9. The Bertz CT molecular complexity index is 1280. The largest absolute Gasteiger partial charge is 0.497 e. The summed E-state index contributed by atoms with van der Waals surface area (Å²) in [4.78, 5) is 31.3. The molecule has 2 atom stereocenters. The number of rotatable bonds is 5. The summed E-state index contributed by atoms with van der Waals surface area (Å²) in [5.41, 5.74) is 3.53. The molecule has 3 heterocycles. The summed E-state index contributed by atoms with van der Waals surface area (Å²) in [5.74, 6) is 1.12. The lowest BCUT2D eigenvalue weighted by molar-refractivity contribution is -0.116. The number of dihydropyridines is 1. The fourth-order valence-corrected chi connectivity index (χ4v) is 4.81. The van der Waals surface area contributed by atoms with Crippen LogP contribution in [-0.4, -0.2) is 23.8 Å². The number of aromatic nitrogens is 1. The van der Waals surface area contributed by atoms with E-state index < -0.39 is 5.92 Å². The van der Waals surface area contributed by atoms with Gasteiger partial charge < -0.3 is 19.8 Å². The molecule has 34 heavy (non-hydrogen) atoms. The molecule has 2 aromatic heterocycles. The Balaban J connectivity index is 1.57. The van der Waals surface area contributed by atoms with Crippen molar-refractivity contribution in [3.63, 3.8) is 0 Å². The van der Waals surface area contributed by atoms with Crippen LogP contribution >= 0.6 is 0 Å². The van der Waals surface area contributed by atoms with Crippen molar-refractivity contribution in [3.05, 3.63) is 101 Å². The highest BCUT2D eigenvalue weighted by Gasteiger charge is 2.41. The van der Waals surface area contributed by atoms with Gasteiger partial charge in [0.15, 0.2) is 5.78 Å². The monoisotopic (exact) mass is 455 g/mol. The predicted octanol–water partition coefficient (Wildman–Crippen LogP) is 4.68. The SMILES string of the molecule is COc1ccc([C@@H]2C(C(=O)Nc3ccccn3)=C(C)NC3=C2C(=O)C[C@H](c2ccco2)C3)cc1. The van der Waals surface area contributed by atoms with Crippen molar-refractivity contribution in [2.45, 2.75) is 31.6 Å². The Morgan fingerprint density at radius 1 is 1.12 bits per heavy atom. The average Bonchev–Trinajstić information content (AvgIpc) is 3.39. The number of Topliss-reactive ketones (excluding diaryl/α,β-unsaturated/α-hetero) is 1. The van der Waals surface area contributed by atoms with E-state index in [1.165, 1.54) is 0 Å². The van der Waals surface area contributed by atoms with E-state index in [0.717, 1.165) is 17.0 Å². The molecule has 0 radical (unpaired) electrons. The Morgan fingerprint density at radius 3 is 2.62 bits per heavy atom. The number of furan rings is 1. The molecule has 172 valence electrons. The predicted molar refractivity (Wildman–Crippen MR) is 127 cm³/mol. The van der Waals surface area contributed by atoms with E-state index in [1.54, 1.807) is 31.7 Å². The van der Waals surface area contributed by atoms with Gasteiger partial charge in [-0.3, -0.25) is 9.59 Å². The molecule has 1 aromatic carbocycles. The molecule has 0 saturated carbocycles. The number of benzene rings is 1. The van der Waals surface area contributed by atoms with Gasteiger partial charge in [0.05, 0.1) is 13.4 Å². The van der Waals surface area contributed by atoms with Gasteiger partial charge in [0, 0.05) is 47.0 Å². The Hall–Kier alpha value is -4.13. The van der Waals surface area contributed by atoms with E-state index in [0.29, 0.717) is 41.3 Å². The third-order valence-electron chi connectivity index (χ3n) is 6.37. The summed E-state index contributed by atoms with van der Waals surface area (Å²) in [5, 5.41) is 6.25. The van der Waals surface area contributed by atoms with Crippen LogP contribution in [0.25, 0.3) is 0 Å². The standard InChI is InChI=1S/C27H25N3O4/c1-16-24(27(32)30-23-7-3-4-12-28-23)25(17-8-10-19(33-2)11-9-17)26-20(29-16)14-18(15-21(26)31)22-6-5-13-34-22/h3-13,18,25,29H,14-15H2,1-2H3,(H,28,30,32)/t18-,25-/m1/s1. The lowest BCUT2D eigenvalue weighted by Crippen LogP contribution is -2.37. The molecule has 2 aliphatic rings. The number of hydrogen-bond donors (Lipinski definition) is 2. The van der Waals surface area contributed by atoms with Gasteiger partial charge in [0.25, 0.3) is 5.91 Å². The van der Waals surface area contributed by atoms with E-state index in [-0.39, 0.29) is 17.6 Å². The molecule has 0 bridgehead atoms. The second kappa shape index (κ2) is 9.02. The van der Waals surface area contributed by atoms with Gasteiger partial charge in [-0.1, -0.05) is 18.2 Å². The van der Waals surface area contributed by atoms with Crippen LogP contribution in [-0.2, 0) is 9.59 Å². The van der Waals surface area contributed by atoms with Gasteiger partial charge in [-0.2, -0.15) is 0 Å². The minimum Gasteiger partial charge on any atom is -0.497 e. The van der Waals surface area contributed by atoms with E-state index in [4.69, 9.17) is 9.15 Å². The Morgan fingerprint density at radius 2 is 1.94 bits per heavy atom. The Kier molecular flexibility index (Phi) is 5.76. The number of carbonyl (C=O) groups excluding carboxylic acids is 2. The number of pyridine rings is 1. The molecule has 0 unspecified atom stereocenters. The van der Waals surface area contributed by atoms with Crippen molar-refractivity contribution in [1.82, 2.24) is 10.3 Å². The third-order valence-corrected chi connectivity index (χ3v) is 6.37. The molecule has 7 nitrogen and oxygen atoms in total. The minimum absolute atomic E-state index is 0.00611. The number of methoxy groups -OCH3 is 1. The molecule has 0 fully saturated rings. The number of anilines is 1. The maximum Gasteiger partial charge on any atom is 0.255 e. The van der Waals surface area contributed by atoms with Crippen LogP contribution in [0, 0.1) is 0 Å². The van der Waals surface area contributed by atoms with Crippen LogP contribution in [0.1, 0.15) is 42.9 Å². The van der Waals surface area contributed by atoms with Crippen LogP contribution < -0.4 is 15.4 Å². The molecular weight excluding hydrogens is 430 g/mol. The second-order valence-electron chi connectivity index (χ2n) is 8.47. The van der Waals surface area contributed by atoms with Gasteiger partial charge in [-0.25, -0.2) is 4.98 Å². The Labute approximate surface area is 197 Å². The molecule has 7 heteroatoms. The summed E-state index contributed by atoms with van der Waals surface area (Å²) in [6, 6.07) is 16.6. The van der Waals surface area contributed by atoms with Crippen LogP contribution in [0.5, 0.6) is 5.75 Å². The molecule has 1 aliphatic heterocycles. The highest BCUT2D eigenvalue weighted by atomic mass is 16.5. The first-order chi connectivity index (χ1) is 16.5. The van der Waals surface area contributed by atoms with Gasteiger partial charge in [-0.05, 0) is 55.3 Å². The molecule has 2 N–H and O–H groups in total. The lowest BCUT2D eigenvalue weighted by atomic mass is 9.72. The average molecular weight is 456 g/mol. The minimum atomic E-state index is -0.504. The van der Waals surface area contributed by atoms with E-state index in [2.05, 4.69) is 15.6 Å². The molecule has 0 spiro atoms. The van der Waals surface area contributed by atoms with E-state index >= 15 is 0 Å². The molecule has 3 aromatic rings. The smallest absolute Gasteiger partial charge is 0.255 e. The molecule has 1 aliphatic carbocycles. The molecular formula is C27H25N3O4. The lowest BCUT2D eigenvalue weighted by Gasteiger charge is -2.36. The van der Waals surface area contributed by atoms with Crippen molar-refractivity contribution in [2.24, 2.45) is 0 Å². The van der Waals surface area contributed by atoms with Gasteiger partial charge >= 0.3 is 0 Å². The normalized spacial score (nSPS) is 20.0. The number of hydrogen-bond acceptors (Lipinski definition) is 6. The zero-order valence-electron chi connectivity index (χ0n) is 19.0. The third kappa shape index (κ3) is 4.01. The first-order valence-corrected chi connectivity index (χ1v) is 11.2. The summed E-state index contributed by atoms with van der Waals surface area (Å²) >= 11 is 0. The van der Waals surface area contributed by atoms with Gasteiger partial charge in [-0.15, -0.1) is 0 Å². The zero-order valence-corrected chi connectivity index (χ0v) is 19.0. The highest BCUT2D eigenvalue weighted by molar-refractivity contribution is 6.09. The van der Waals surface area contributed by atoms with Crippen molar-refractivity contribution in [1.29, 1.82) is 0 Å². The number of ether oxygens (including phenoxy) is 1. The van der Waals surface area contributed by atoms with Crippen molar-refractivity contribution >= 4 is 17.5 Å². The van der Waals surface area contributed by atoms with Gasteiger partial charge in [0.1, 0.15) is 17.3 Å². The number of carbonyl (C=O) groups is 2. The van der Waals surface area contributed by atoms with E-state index in [9.17, 15) is 9.59 Å². The quantitative estimate of drug-likeness (QED) is 0.580. The topological polar surface area (TPSA) is 93.5 Å². The first kappa shape index (κ1) is 21.7. The second-order valence-corrected chi connectivity index (χ2v) is 8.47. The maximum atomic E-state index is 13.5. The van der Waals surface area contributed by atoms with Crippen molar-refractivity contribution in [2.75, 3.05) is 12.4 Å². The molecule has 0 saturated heterocycles. The molecule has 5 rings (SSSR count). The number of nitrogens with zero attached hydrogens (tertiary/aromatic N) is 1. The summed E-state index contributed by atoms with van der Waals surface area (Å²) in [6.07, 6.45) is 4.21.